The van der Waals surface area contributed by atoms with E-state index in [1.54, 1.807) is 9.80 Å². The summed E-state index contributed by atoms with van der Waals surface area (Å²) in [6, 6.07) is 0. The number of amides is 2. The van der Waals surface area contributed by atoms with Crippen molar-refractivity contribution in [2.45, 2.75) is 27.7 Å². The summed E-state index contributed by atoms with van der Waals surface area (Å²) < 4.78 is 0. The molecule has 1 aromatic rings. The molecule has 0 aliphatic carbocycles. The van der Waals surface area contributed by atoms with Gasteiger partial charge < -0.3 is 21.3 Å². The molecule has 2 amide bonds. The third-order valence-electron chi connectivity index (χ3n) is 3.46. The van der Waals surface area contributed by atoms with Gasteiger partial charge in [-0.1, -0.05) is 0 Å². The zero-order chi connectivity index (χ0) is 16.9. The highest BCUT2D eigenvalue weighted by Crippen LogP contribution is 2.16. The largest absolute Gasteiger partial charge is 0.382 e. The molecule has 22 heavy (non-hydrogen) atoms. The molecule has 0 bridgehead atoms. The lowest BCUT2D eigenvalue weighted by Crippen LogP contribution is -2.34. The van der Waals surface area contributed by atoms with Crippen molar-refractivity contribution in [1.29, 1.82) is 0 Å². The number of hydrogen-bond acceptors (Lipinski definition) is 6. The fourth-order valence-corrected chi connectivity index (χ4v) is 2.10. The van der Waals surface area contributed by atoms with Crippen LogP contribution in [-0.2, 0) is 0 Å². The van der Waals surface area contributed by atoms with Crippen LogP contribution in [0.15, 0.2) is 0 Å². The Bertz CT molecular complexity index is 503. The zero-order valence-electron chi connectivity index (χ0n) is 13.6. The smallest absolute Gasteiger partial charge is 0.276 e. The number of hydrogen-bond donors (Lipinski definition) is 2. The van der Waals surface area contributed by atoms with Crippen molar-refractivity contribution >= 4 is 23.5 Å². The van der Waals surface area contributed by atoms with Crippen molar-refractivity contribution in [2.24, 2.45) is 0 Å². The van der Waals surface area contributed by atoms with E-state index in [2.05, 4.69) is 9.97 Å². The first-order chi connectivity index (χ1) is 10.4. The second-order valence-electron chi connectivity index (χ2n) is 4.65. The minimum Gasteiger partial charge on any atom is -0.382 e. The molecule has 0 aliphatic heterocycles. The maximum Gasteiger partial charge on any atom is 0.276 e. The number of aromatic nitrogens is 2. The van der Waals surface area contributed by atoms with Crippen LogP contribution in [-0.4, -0.2) is 57.8 Å². The Labute approximate surface area is 130 Å². The van der Waals surface area contributed by atoms with Gasteiger partial charge in [0.1, 0.15) is 0 Å². The van der Waals surface area contributed by atoms with Crippen molar-refractivity contribution < 1.29 is 9.59 Å². The molecular weight excluding hydrogens is 284 g/mol. The van der Waals surface area contributed by atoms with Crippen LogP contribution < -0.4 is 11.5 Å². The average Bonchev–Trinajstić information content (AvgIpc) is 2.51. The molecule has 0 spiro atoms. The van der Waals surface area contributed by atoms with Gasteiger partial charge in [-0.05, 0) is 27.7 Å². The van der Waals surface area contributed by atoms with E-state index in [4.69, 9.17) is 11.5 Å². The monoisotopic (exact) mass is 308 g/mol. The molecule has 0 saturated heterocycles. The SMILES string of the molecule is CCN(CC)C(=O)c1nc(N)c(C(=O)N(CC)CC)nc1N. The summed E-state index contributed by atoms with van der Waals surface area (Å²) in [5.41, 5.74) is 11.6. The Hall–Kier alpha value is -2.38. The van der Waals surface area contributed by atoms with Gasteiger partial charge in [0.25, 0.3) is 11.8 Å². The summed E-state index contributed by atoms with van der Waals surface area (Å²) in [5, 5.41) is 0. The summed E-state index contributed by atoms with van der Waals surface area (Å²) in [7, 11) is 0. The zero-order valence-corrected chi connectivity index (χ0v) is 13.6. The van der Waals surface area contributed by atoms with Crippen molar-refractivity contribution in [2.75, 3.05) is 37.6 Å². The van der Waals surface area contributed by atoms with Gasteiger partial charge in [0, 0.05) is 26.2 Å². The van der Waals surface area contributed by atoms with Crippen LogP contribution in [0.2, 0.25) is 0 Å². The summed E-state index contributed by atoms with van der Waals surface area (Å²) in [6.45, 7) is 9.51. The van der Waals surface area contributed by atoms with Gasteiger partial charge in [0.15, 0.2) is 23.0 Å². The van der Waals surface area contributed by atoms with Crippen LogP contribution in [0.4, 0.5) is 11.6 Å². The van der Waals surface area contributed by atoms with E-state index < -0.39 is 0 Å². The van der Waals surface area contributed by atoms with Crippen LogP contribution in [0, 0.1) is 0 Å². The maximum atomic E-state index is 12.3. The molecule has 8 heteroatoms. The van der Waals surface area contributed by atoms with Gasteiger partial charge in [-0.2, -0.15) is 0 Å². The van der Waals surface area contributed by atoms with E-state index in [0.29, 0.717) is 26.2 Å². The summed E-state index contributed by atoms with van der Waals surface area (Å²) in [6.07, 6.45) is 0. The Morgan fingerprint density at radius 2 is 1.05 bits per heavy atom. The Balaban J connectivity index is 3.22. The number of nitrogen functional groups attached to an aromatic ring is 2. The summed E-state index contributed by atoms with van der Waals surface area (Å²) in [5.74, 6) is -0.852. The topological polar surface area (TPSA) is 118 Å². The highest BCUT2D eigenvalue weighted by Gasteiger charge is 2.24. The first-order valence-electron chi connectivity index (χ1n) is 7.42. The lowest BCUT2D eigenvalue weighted by molar-refractivity contribution is 0.0753. The summed E-state index contributed by atoms with van der Waals surface area (Å²) in [4.78, 5) is 35.7. The standard InChI is InChI=1S/C14H24N6O2/c1-5-19(6-2)13(21)9-11(15)18-10(12(16)17-9)14(22)20(7-3)8-4/h5-8H2,1-4H3,(H2,16,17)(H2,15,18). The van der Waals surface area contributed by atoms with E-state index in [1.807, 2.05) is 27.7 Å². The molecule has 1 rings (SSSR count). The molecule has 0 aromatic carbocycles. The molecule has 0 unspecified atom stereocenters. The van der Waals surface area contributed by atoms with Gasteiger partial charge >= 0.3 is 0 Å². The van der Waals surface area contributed by atoms with Crippen molar-refractivity contribution in [3.8, 4) is 0 Å². The lowest BCUT2D eigenvalue weighted by Gasteiger charge is -2.21. The molecule has 8 nitrogen and oxygen atoms in total. The van der Waals surface area contributed by atoms with Crippen LogP contribution in [0.3, 0.4) is 0 Å². The predicted octanol–water partition coefficient (Wildman–Crippen LogP) is 0.605. The van der Waals surface area contributed by atoms with Crippen LogP contribution >= 0.6 is 0 Å². The maximum absolute atomic E-state index is 12.3. The van der Waals surface area contributed by atoms with Crippen molar-refractivity contribution in [3.05, 3.63) is 11.4 Å². The average molecular weight is 308 g/mol. The Morgan fingerprint density at radius 3 is 1.27 bits per heavy atom. The first-order valence-corrected chi connectivity index (χ1v) is 7.42. The van der Waals surface area contributed by atoms with Gasteiger partial charge in [-0.3, -0.25) is 9.59 Å². The van der Waals surface area contributed by atoms with Crippen LogP contribution in [0.1, 0.15) is 48.7 Å². The molecule has 122 valence electrons. The van der Waals surface area contributed by atoms with Crippen LogP contribution in [0.25, 0.3) is 0 Å². The van der Waals surface area contributed by atoms with Crippen molar-refractivity contribution in [3.63, 3.8) is 0 Å². The molecule has 0 aliphatic rings. The van der Waals surface area contributed by atoms with Crippen LogP contribution in [0.5, 0.6) is 0 Å². The minimum atomic E-state index is -0.344. The molecule has 0 fully saturated rings. The fraction of sp³-hybridized carbons (Fsp3) is 0.571. The number of anilines is 2. The number of carbonyl (C=O) groups is 2. The second kappa shape index (κ2) is 7.58. The molecular formula is C14H24N6O2. The fourth-order valence-electron chi connectivity index (χ4n) is 2.10. The Kier molecular flexibility index (Phi) is 6.09. The second-order valence-corrected chi connectivity index (χ2v) is 4.65. The summed E-state index contributed by atoms with van der Waals surface area (Å²) >= 11 is 0. The van der Waals surface area contributed by atoms with Crippen molar-refractivity contribution in [1.82, 2.24) is 19.8 Å². The molecule has 0 atom stereocenters. The third-order valence-corrected chi connectivity index (χ3v) is 3.46. The van der Waals surface area contributed by atoms with Gasteiger partial charge in [-0.25, -0.2) is 9.97 Å². The number of nitrogens with zero attached hydrogens (tertiary/aromatic N) is 4. The molecule has 4 N–H and O–H groups in total. The minimum absolute atomic E-state index is 0.0164. The number of rotatable bonds is 6. The van der Waals surface area contributed by atoms with E-state index in [0.717, 1.165) is 0 Å². The van der Waals surface area contributed by atoms with E-state index in [-0.39, 0.29) is 34.8 Å². The van der Waals surface area contributed by atoms with E-state index >= 15 is 0 Å². The molecule has 0 radical (unpaired) electrons. The highest BCUT2D eigenvalue weighted by atomic mass is 16.2. The van der Waals surface area contributed by atoms with Gasteiger partial charge in [-0.15, -0.1) is 0 Å². The normalized spacial score (nSPS) is 10.4. The van der Waals surface area contributed by atoms with Gasteiger partial charge in [0.05, 0.1) is 0 Å². The number of nitrogens with two attached hydrogens (primary N) is 2. The third kappa shape index (κ3) is 3.44. The number of carbonyl (C=O) groups excluding carboxylic acids is 2. The first kappa shape index (κ1) is 17.7. The van der Waals surface area contributed by atoms with Gasteiger partial charge in [0.2, 0.25) is 0 Å². The highest BCUT2D eigenvalue weighted by molar-refractivity contribution is 6.00. The molecule has 1 aromatic heterocycles. The molecule has 0 saturated carbocycles. The molecule has 1 heterocycles. The van der Waals surface area contributed by atoms with E-state index in [1.165, 1.54) is 0 Å². The quantitative estimate of drug-likeness (QED) is 0.794. The Morgan fingerprint density at radius 1 is 0.773 bits per heavy atom. The lowest BCUT2D eigenvalue weighted by atomic mass is 10.2. The van der Waals surface area contributed by atoms with E-state index in [9.17, 15) is 9.59 Å². The predicted molar refractivity (Wildman–Crippen MR) is 85.4 cm³/mol.